The predicted octanol–water partition coefficient (Wildman–Crippen LogP) is 4.06. The highest BCUT2D eigenvalue weighted by Gasteiger charge is 2.11. The Labute approximate surface area is 149 Å². The van der Waals surface area contributed by atoms with E-state index in [4.69, 9.17) is 14.2 Å². The third-order valence-corrected chi connectivity index (χ3v) is 3.35. The van der Waals surface area contributed by atoms with E-state index in [0.29, 0.717) is 5.56 Å². The first-order valence-electron chi connectivity index (χ1n) is 7.62. The van der Waals surface area contributed by atoms with Crippen molar-refractivity contribution in [1.29, 1.82) is 0 Å². The topological polar surface area (TPSA) is 54.0 Å². The van der Waals surface area contributed by atoms with Gasteiger partial charge in [0.15, 0.2) is 11.5 Å². The molecule has 26 heavy (non-hydrogen) atoms. The van der Waals surface area contributed by atoms with Gasteiger partial charge in [0.2, 0.25) is 0 Å². The molecule has 0 amide bonds. The van der Waals surface area contributed by atoms with E-state index in [-0.39, 0.29) is 18.1 Å². The minimum atomic E-state index is -2.95. The number of ether oxygens (including phenoxy) is 4. The van der Waals surface area contributed by atoms with Crippen molar-refractivity contribution in [1.82, 2.24) is 0 Å². The van der Waals surface area contributed by atoms with Crippen LogP contribution in [0, 0.1) is 0 Å². The molecule has 0 saturated carbocycles. The molecule has 0 aliphatic heterocycles. The zero-order valence-corrected chi connectivity index (χ0v) is 14.3. The average molecular weight is 364 g/mol. The Balaban J connectivity index is 1.92. The summed E-state index contributed by atoms with van der Waals surface area (Å²) in [7, 11) is 2.91. The summed E-state index contributed by atoms with van der Waals surface area (Å²) in [5.41, 5.74) is 1.40. The number of halogens is 2. The van der Waals surface area contributed by atoms with Crippen LogP contribution in [-0.2, 0) is 16.1 Å². The van der Waals surface area contributed by atoms with Gasteiger partial charge in [-0.1, -0.05) is 18.2 Å². The molecule has 0 aliphatic carbocycles. The molecule has 2 aromatic carbocycles. The van der Waals surface area contributed by atoms with Crippen molar-refractivity contribution >= 4 is 12.0 Å². The molecule has 0 atom stereocenters. The van der Waals surface area contributed by atoms with Crippen LogP contribution in [0.5, 0.6) is 17.2 Å². The maximum absolute atomic E-state index is 12.3. The molecule has 5 nitrogen and oxygen atoms in total. The van der Waals surface area contributed by atoms with Gasteiger partial charge in [0.1, 0.15) is 12.4 Å². The lowest BCUT2D eigenvalue weighted by atomic mass is 10.2. The minimum Gasteiger partial charge on any atom is -0.497 e. The van der Waals surface area contributed by atoms with E-state index in [1.165, 1.54) is 31.4 Å². The van der Waals surface area contributed by atoms with Crippen LogP contribution < -0.4 is 14.2 Å². The molecule has 0 bridgehead atoms. The number of esters is 1. The highest BCUT2D eigenvalue weighted by Crippen LogP contribution is 2.29. The quantitative estimate of drug-likeness (QED) is 0.522. The summed E-state index contributed by atoms with van der Waals surface area (Å²) in [6.07, 6.45) is 2.91. The Morgan fingerprint density at radius 2 is 1.77 bits per heavy atom. The highest BCUT2D eigenvalue weighted by atomic mass is 19.3. The second-order valence-corrected chi connectivity index (χ2v) is 5.08. The first-order chi connectivity index (χ1) is 12.5. The molecular formula is C19H18F2O5. The normalized spacial score (nSPS) is 10.8. The van der Waals surface area contributed by atoms with Crippen molar-refractivity contribution < 1.29 is 32.5 Å². The molecule has 0 heterocycles. The van der Waals surface area contributed by atoms with Crippen molar-refractivity contribution in [2.45, 2.75) is 13.2 Å². The van der Waals surface area contributed by atoms with Crippen LogP contribution in [0.15, 0.2) is 48.5 Å². The first kappa shape index (κ1) is 19.2. The molecule has 2 aromatic rings. The second-order valence-electron chi connectivity index (χ2n) is 5.08. The summed E-state index contributed by atoms with van der Waals surface area (Å²) in [5.74, 6) is 0.232. The Morgan fingerprint density at radius 3 is 2.38 bits per heavy atom. The molecule has 0 fully saturated rings. The zero-order valence-electron chi connectivity index (χ0n) is 14.3. The maximum atomic E-state index is 12.3. The Hall–Kier alpha value is -3.09. The molecule has 0 aromatic heterocycles. The Morgan fingerprint density at radius 1 is 1.04 bits per heavy atom. The second kappa shape index (κ2) is 9.41. The monoisotopic (exact) mass is 364 g/mol. The van der Waals surface area contributed by atoms with Crippen LogP contribution >= 0.6 is 0 Å². The Kier molecular flexibility index (Phi) is 6.96. The van der Waals surface area contributed by atoms with Gasteiger partial charge in [-0.25, -0.2) is 4.79 Å². The van der Waals surface area contributed by atoms with Crippen molar-refractivity contribution in [3.63, 3.8) is 0 Å². The van der Waals surface area contributed by atoms with Gasteiger partial charge in [0, 0.05) is 6.08 Å². The molecule has 0 N–H and O–H groups in total. The molecule has 138 valence electrons. The lowest BCUT2D eigenvalue weighted by Gasteiger charge is -2.11. The number of rotatable bonds is 8. The smallest absolute Gasteiger partial charge is 0.387 e. The standard InChI is InChI=1S/C19H18F2O5/c1-23-15-7-3-13(4-8-15)6-10-18(22)25-12-14-5-9-16(26-19(20)21)17(11-14)24-2/h3-11,19H,12H2,1-2H3/b10-6+. The van der Waals surface area contributed by atoms with Gasteiger partial charge in [0.05, 0.1) is 14.2 Å². The van der Waals surface area contributed by atoms with E-state index in [1.807, 2.05) is 0 Å². The molecule has 0 saturated heterocycles. The van der Waals surface area contributed by atoms with Gasteiger partial charge in [-0.2, -0.15) is 8.78 Å². The molecule has 2 rings (SSSR count). The first-order valence-corrected chi connectivity index (χ1v) is 7.62. The van der Waals surface area contributed by atoms with Gasteiger partial charge < -0.3 is 18.9 Å². The van der Waals surface area contributed by atoms with E-state index in [9.17, 15) is 13.6 Å². The summed E-state index contributed by atoms with van der Waals surface area (Å²) in [5, 5.41) is 0. The number of carbonyl (C=O) groups is 1. The van der Waals surface area contributed by atoms with Crippen LogP contribution in [0.4, 0.5) is 8.78 Å². The molecule has 0 unspecified atom stereocenters. The van der Waals surface area contributed by atoms with E-state index >= 15 is 0 Å². The fourth-order valence-electron chi connectivity index (χ4n) is 2.08. The number of carbonyl (C=O) groups excluding carboxylic acids is 1. The van der Waals surface area contributed by atoms with Crippen LogP contribution in [0.3, 0.4) is 0 Å². The van der Waals surface area contributed by atoms with E-state index in [0.717, 1.165) is 11.3 Å². The third-order valence-electron chi connectivity index (χ3n) is 3.35. The lowest BCUT2D eigenvalue weighted by molar-refractivity contribution is -0.138. The van der Waals surface area contributed by atoms with E-state index in [1.54, 1.807) is 37.5 Å². The number of benzene rings is 2. The lowest BCUT2D eigenvalue weighted by Crippen LogP contribution is -2.05. The van der Waals surface area contributed by atoms with Crippen molar-refractivity contribution in [2.75, 3.05) is 14.2 Å². The van der Waals surface area contributed by atoms with E-state index in [2.05, 4.69) is 4.74 Å². The third kappa shape index (κ3) is 5.77. The van der Waals surface area contributed by atoms with Crippen molar-refractivity contribution in [2.24, 2.45) is 0 Å². The number of alkyl halides is 2. The van der Waals surface area contributed by atoms with Crippen LogP contribution in [0.2, 0.25) is 0 Å². The molecular weight excluding hydrogens is 346 g/mol. The molecule has 7 heteroatoms. The fraction of sp³-hybridized carbons (Fsp3) is 0.211. The largest absolute Gasteiger partial charge is 0.497 e. The van der Waals surface area contributed by atoms with Crippen LogP contribution in [-0.4, -0.2) is 26.8 Å². The average Bonchev–Trinajstić information content (AvgIpc) is 2.65. The number of methoxy groups -OCH3 is 2. The summed E-state index contributed by atoms with van der Waals surface area (Å²) in [6.45, 7) is -2.98. The maximum Gasteiger partial charge on any atom is 0.387 e. The zero-order chi connectivity index (χ0) is 18.9. The molecule has 0 radical (unpaired) electrons. The summed E-state index contributed by atoms with van der Waals surface area (Å²) in [4.78, 5) is 11.8. The highest BCUT2D eigenvalue weighted by molar-refractivity contribution is 5.87. The van der Waals surface area contributed by atoms with Crippen molar-refractivity contribution in [3.05, 3.63) is 59.7 Å². The minimum absolute atomic E-state index is 0.0307. The SMILES string of the molecule is COc1ccc(/C=C/C(=O)OCc2ccc(OC(F)F)c(OC)c2)cc1. The fourth-order valence-corrected chi connectivity index (χ4v) is 2.08. The van der Waals surface area contributed by atoms with Gasteiger partial charge in [-0.15, -0.1) is 0 Å². The van der Waals surface area contributed by atoms with Gasteiger partial charge in [-0.05, 0) is 41.5 Å². The van der Waals surface area contributed by atoms with Gasteiger partial charge in [-0.3, -0.25) is 0 Å². The number of hydrogen-bond acceptors (Lipinski definition) is 5. The van der Waals surface area contributed by atoms with Crippen LogP contribution in [0.25, 0.3) is 6.08 Å². The molecule has 0 aliphatic rings. The summed E-state index contributed by atoms with van der Waals surface area (Å²) < 4.78 is 44.1. The van der Waals surface area contributed by atoms with Crippen molar-refractivity contribution in [3.8, 4) is 17.2 Å². The summed E-state index contributed by atoms with van der Waals surface area (Å²) >= 11 is 0. The van der Waals surface area contributed by atoms with Crippen LogP contribution in [0.1, 0.15) is 11.1 Å². The summed E-state index contributed by atoms with van der Waals surface area (Å²) in [6, 6.07) is 11.5. The van der Waals surface area contributed by atoms with Gasteiger partial charge >= 0.3 is 12.6 Å². The predicted molar refractivity (Wildman–Crippen MR) is 91.5 cm³/mol. The Bertz CT molecular complexity index is 757. The van der Waals surface area contributed by atoms with E-state index < -0.39 is 12.6 Å². The van der Waals surface area contributed by atoms with Gasteiger partial charge in [0.25, 0.3) is 0 Å². The molecule has 0 spiro atoms. The number of hydrogen-bond donors (Lipinski definition) is 0.